The van der Waals surface area contributed by atoms with Gasteiger partial charge in [-0.05, 0) is 13.1 Å². The molecule has 0 saturated carbocycles. The Kier molecular flexibility index (Phi) is 4.53. The van der Waals surface area contributed by atoms with Gasteiger partial charge in [0.15, 0.2) is 0 Å². The van der Waals surface area contributed by atoms with Gasteiger partial charge in [0.2, 0.25) is 5.91 Å². The molecule has 1 heterocycles. The fraction of sp³-hybridized carbons (Fsp3) is 0.417. The normalized spacial score (nSPS) is 21.7. The number of likely N-dealkylation sites (N-methyl/N-ethyl adjacent to an activating group) is 1. The third-order valence-electron chi connectivity index (χ3n) is 3.21. The number of nitrogens with zero attached hydrogens (tertiary/aromatic N) is 1. The van der Waals surface area contributed by atoms with Gasteiger partial charge in [0.25, 0.3) is 5.69 Å². The summed E-state index contributed by atoms with van der Waals surface area (Å²) in [7, 11) is 1.75. The molecule has 8 heteroatoms. The number of halogens is 1. The average Bonchev–Trinajstić information content (AvgIpc) is 2.89. The number of carbonyl (C=O) groups excluding carboxylic acids is 1. The highest BCUT2D eigenvalue weighted by atomic mass is 35.5. The molecule has 0 spiro atoms. The van der Waals surface area contributed by atoms with Crippen LogP contribution in [0.4, 0.5) is 11.4 Å². The number of hydrogen-bond donors (Lipinski definition) is 2. The molecule has 1 aromatic carbocycles. The lowest BCUT2D eigenvalue weighted by Crippen LogP contribution is -2.39. The summed E-state index contributed by atoms with van der Waals surface area (Å²) in [5, 5.41) is 16.6. The van der Waals surface area contributed by atoms with Gasteiger partial charge >= 0.3 is 0 Å². The maximum Gasteiger partial charge on any atom is 0.271 e. The van der Waals surface area contributed by atoms with Crippen LogP contribution in [0.25, 0.3) is 0 Å². The summed E-state index contributed by atoms with van der Waals surface area (Å²) >= 11 is 5.94. The highest BCUT2D eigenvalue weighted by Gasteiger charge is 2.33. The number of rotatable bonds is 4. The summed E-state index contributed by atoms with van der Waals surface area (Å²) in [4.78, 5) is 22.3. The Bertz CT molecular complexity index is 537. The van der Waals surface area contributed by atoms with E-state index in [4.69, 9.17) is 16.3 Å². The molecular formula is C12H14ClN3O4. The van der Waals surface area contributed by atoms with E-state index in [1.54, 1.807) is 7.05 Å². The van der Waals surface area contributed by atoms with Crippen molar-refractivity contribution in [1.82, 2.24) is 5.32 Å². The molecule has 0 bridgehead atoms. The smallest absolute Gasteiger partial charge is 0.271 e. The Hall–Kier alpha value is -1.70. The van der Waals surface area contributed by atoms with Gasteiger partial charge in [-0.25, -0.2) is 0 Å². The van der Waals surface area contributed by atoms with Gasteiger partial charge in [-0.2, -0.15) is 0 Å². The minimum Gasteiger partial charge on any atom is -0.379 e. The minimum atomic E-state index is -0.541. The van der Waals surface area contributed by atoms with Crippen LogP contribution in [0.15, 0.2) is 18.2 Å². The molecular weight excluding hydrogens is 286 g/mol. The zero-order chi connectivity index (χ0) is 14.7. The number of hydrogen-bond acceptors (Lipinski definition) is 5. The molecule has 2 N–H and O–H groups in total. The Morgan fingerprint density at radius 1 is 1.50 bits per heavy atom. The molecule has 2 rings (SSSR count). The molecule has 1 aliphatic rings. The standard InChI is InChI=1S/C12H14ClN3O4/c1-14-11-6-20-5-8(11)12(17)15-10-4-7(16(18)19)2-3-9(10)13/h2-4,8,11,14H,5-6H2,1H3,(H,15,17). The average molecular weight is 300 g/mol. The molecule has 0 radical (unpaired) electrons. The first-order valence-electron chi connectivity index (χ1n) is 6.02. The third kappa shape index (κ3) is 3.06. The zero-order valence-corrected chi connectivity index (χ0v) is 11.5. The van der Waals surface area contributed by atoms with Crippen molar-refractivity contribution in [3.05, 3.63) is 33.3 Å². The lowest BCUT2D eigenvalue weighted by molar-refractivity contribution is -0.384. The van der Waals surface area contributed by atoms with E-state index in [0.717, 1.165) is 0 Å². The van der Waals surface area contributed by atoms with Gasteiger partial charge in [0.1, 0.15) is 0 Å². The van der Waals surface area contributed by atoms with Crippen LogP contribution in [-0.4, -0.2) is 37.1 Å². The van der Waals surface area contributed by atoms with Gasteiger partial charge < -0.3 is 15.4 Å². The van der Waals surface area contributed by atoms with Gasteiger partial charge in [0, 0.05) is 18.2 Å². The maximum atomic E-state index is 12.2. The Morgan fingerprint density at radius 3 is 2.90 bits per heavy atom. The summed E-state index contributed by atoms with van der Waals surface area (Å²) in [6.45, 7) is 0.765. The first kappa shape index (κ1) is 14.7. The predicted molar refractivity (Wildman–Crippen MR) is 73.9 cm³/mol. The Morgan fingerprint density at radius 2 is 2.25 bits per heavy atom. The summed E-state index contributed by atoms with van der Waals surface area (Å²) in [6.07, 6.45) is 0. The van der Waals surface area contributed by atoms with E-state index in [9.17, 15) is 14.9 Å². The molecule has 0 aromatic heterocycles. The predicted octanol–water partition coefficient (Wildman–Crippen LogP) is 1.42. The minimum absolute atomic E-state index is 0.0764. The molecule has 1 saturated heterocycles. The van der Waals surface area contributed by atoms with Gasteiger partial charge in [-0.3, -0.25) is 14.9 Å². The zero-order valence-electron chi connectivity index (χ0n) is 10.8. The fourth-order valence-electron chi connectivity index (χ4n) is 2.05. The highest BCUT2D eigenvalue weighted by molar-refractivity contribution is 6.33. The number of anilines is 1. The molecule has 20 heavy (non-hydrogen) atoms. The van der Waals surface area contributed by atoms with E-state index in [-0.39, 0.29) is 34.3 Å². The highest BCUT2D eigenvalue weighted by Crippen LogP contribution is 2.27. The van der Waals surface area contributed by atoms with E-state index in [2.05, 4.69) is 10.6 Å². The fourth-order valence-corrected chi connectivity index (χ4v) is 2.21. The summed E-state index contributed by atoms with van der Waals surface area (Å²) in [5.41, 5.74) is 0.102. The quantitative estimate of drug-likeness (QED) is 0.648. The van der Waals surface area contributed by atoms with Crippen molar-refractivity contribution < 1.29 is 14.5 Å². The molecule has 1 fully saturated rings. The number of nitro benzene ring substituents is 1. The molecule has 2 unspecified atom stereocenters. The van der Waals surface area contributed by atoms with Crippen molar-refractivity contribution >= 4 is 28.9 Å². The largest absolute Gasteiger partial charge is 0.379 e. The number of benzene rings is 1. The molecule has 0 aliphatic carbocycles. The van der Waals surface area contributed by atoms with Gasteiger partial charge in [0.05, 0.1) is 34.8 Å². The number of carbonyl (C=O) groups is 1. The second-order valence-corrected chi connectivity index (χ2v) is 4.86. The lowest BCUT2D eigenvalue weighted by atomic mass is 10.0. The van der Waals surface area contributed by atoms with Crippen molar-refractivity contribution in [2.45, 2.75) is 6.04 Å². The van der Waals surface area contributed by atoms with E-state index in [1.807, 2.05) is 0 Å². The van der Waals surface area contributed by atoms with E-state index in [0.29, 0.717) is 13.2 Å². The van der Waals surface area contributed by atoms with Crippen molar-refractivity contribution in [3.8, 4) is 0 Å². The van der Waals surface area contributed by atoms with Crippen LogP contribution in [0.3, 0.4) is 0 Å². The van der Waals surface area contributed by atoms with Crippen molar-refractivity contribution in [2.24, 2.45) is 5.92 Å². The van der Waals surface area contributed by atoms with Crippen molar-refractivity contribution in [1.29, 1.82) is 0 Å². The van der Waals surface area contributed by atoms with Crippen LogP contribution in [0.2, 0.25) is 5.02 Å². The molecule has 1 aliphatic heterocycles. The monoisotopic (exact) mass is 299 g/mol. The second kappa shape index (κ2) is 6.17. The van der Waals surface area contributed by atoms with Crippen LogP contribution < -0.4 is 10.6 Å². The van der Waals surface area contributed by atoms with Gasteiger partial charge in [-0.15, -0.1) is 0 Å². The molecule has 1 amide bonds. The summed E-state index contributed by atoms with van der Waals surface area (Å²) in [6, 6.07) is 3.83. The number of amides is 1. The van der Waals surface area contributed by atoms with Crippen LogP contribution in [0.5, 0.6) is 0 Å². The topological polar surface area (TPSA) is 93.5 Å². The lowest BCUT2D eigenvalue weighted by Gasteiger charge is -2.16. The van der Waals surface area contributed by atoms with Gasteiger partial charge in [-0.1, -0.05) is 11.6 Å². The molecule has 108 valence electrons. The Balaban J connectivity index is 2.15. The van der Waals surface area contributed by atoms with Crippen LogP contribution in [0, 0.1) is 16.0 Å². The van der Waals surface area contributed by atoms with Crippen molar-refractivity contribution in [3.63, 3.8) is 0 Å². The van der Waals surface area contributed by atoms with E-state index in [1.165, 1.54) is 18.2 Å². The SMILES string of the molecule is CNC1COCC1C(=O)Nc1cc([N+](=O)[O-])ccc1Cl. The number of nitrogens with one attached hydrogen (secondary N) is 2. The third-order valence-corrected chi connectivity index (χ3v) is 3.54. The molecule has 7 nitrogen and oxygen atoms in total. The van der Waals surface area contributed by atoms with Crippen LogP contribution in [0.1, 0.15) is 0 Å². The van der Waals surface area contributed by atoms with Crippen LogP contribution in [-0.2, 0) is 9.53 Å². The molecule has 2 atom stereocenters. The first-order chi connectivity index (χ1) is 9.52. The van der Waals surface area contributed by atoms with E-state index >= 15 is 0 Å². The number of nitro groups is 1. The molecule has 1 aromatic rings. The first-order valence-corrected chi connectivity index (χ1v) is 6.40. The Labute approximate surface area is 120 Å². The van der Waals surface area contributed by atoms with Crippen molar-refractivity contribution in [2.75, 3.05) is 25.6 Å². The second-order valence-electron chi connectivity index (χ2n) is 4.45. The number of ether oxygens (including phenoxy) is 1. The number of non-ortho nitro benzene ring substituents is 1. The summed E-state index contributed by atoms with van der Waals surface area (Å²) < 4.78 is 5.25. The maximum absolute atomic E-state index is 12.2. The van der Waals surface area contributed by atoms with E-state index < -0.39 is 4.92 Å². The van der Waals surface area contributed by atoms with Crippen LogP contribution >= 0.6 is 11.6 Å². The summed E-state index contributed by atoms with van der Waals surface area (Å²) in [5.74, 6) is -0.625.